The molecular formula is C29H29F2N5O. The summed E-state index contributed by atoms with van der Waals surface area (Å²) in [5.41, 5.74) is 5.08. The van der Waals surface area contributed by atoms with E-state index < -0.39 is 17.7 Å². The highest BCUT2D eigenvalue weighted by Crippen LogP contribution is 2.27. The second kappa shape index (κ2) is 10.9. The number of anilines is 3. The van der Waals surface area contributed by atoms with E-state index in [0.717, 1.165) is 74.1 Å². The van der Waals surface area contributed by atoms with Crippen LogP contribution in [0.3, 0.4) is 0 Å². The largest absolute Gasteiger partial charge is 0.368 e. The first-order valence-corrected chi connectivity index (χ1v) is 12.4. The SMILES string of the molecule is Cc1ccc2c(N3CCN(CCc4cccc(NC(=O)Nc5cc(F)cc(F)c5)c4)CC3)cccc2n1. The van der Waals surface area contributed by atoms with Crippen LogP contribution in [0.1, 0.15) is 11.3 Å². The highest BCUT2D eigenvalue weighted by molar-refractivity contribution is 5.99. The summed E-state index contributed by atoms with van der Waals surface area (Å²) in [6, 6.07) is 20.5. The molecule has 1 fully saturated rings. The Labute approximate surface area is 214 Å². The van der Waals surface area contributed by atoms with Crippen molar-refractivity contribution >= 4 is 34.0 Å². The molecule has 2 amide bonds. The third-order valence-electron chi connectivity index (χ3n) is 6.58. The van der Waals surface area contributed by atoms with Gasteiger partial charge >= 0.3 is 6.03 Å². The number of hydrogen-bond donors (Lipinski definition) is 2. The average molecular weight is 502 g/mol. The summed E-state index contributed by atoms with van der Waals surface area (Å²) in [6.45, 7) is 6.79. The van der Waals surface area contributed by atoms with Crippen molar-refractivity contribution in [2.45, 2.75) is 13.3 Å². The van der Waals surface area contributed by atoms with Crippen molar-refractivity contribution in [1.29, 1.82) is 0 Å². The summed E-state index contributed by atoms with van der Waals surface area (Å²) in [5.74, 6) is -1.50. The van der Waals surface area contributed by atoms with Crippen LogP contribution in [0.15, 0.2) is 72.8 Å². The van der Waals surface area contributed by atoms with Gasteiger partial charge in [0.1, 0.15) is 11.6 Å². The lowest BCUT2D eigenvalue weighted by Crippen LogP contribution is -2.47. The minimum absolute atomic E-state index is 0.0557. The summed E-state index contributed by atoms with van der Waals surface area (Å²) in [7, 11) is 0. The van der Waals surface area contributed by atoms with E-state index in [2.05, 4.69) is 55.7 Å². The number of nitrogens with one attached hydrogen (secondary N) is 2. The van der Waals surface area contributed by atoms with Crippen molar-refractivity contribution in [1.82, 2.24) is 9.88 Å². The van der Waals surface area contributed by atoms with Crippen molar-refractivity contribution in [3.8, 4) is 0 Å². The quantitative estimate of drug-likeness (QED) is 0.349. The molecule has 5 rings (SSSR count). The predicted octanol–water partition coefficient (Wildman–Crippen LogP) is 5.83. The number of piperazine rings is 1. The Bertz CT molecular complexity index is 1400. The van der Waals surface area contributed by atoms with Crippen molar-refractivity contribution < 1.29 is 13.6 Å². The maximum atomic E-state index is 13.4. The Balaban J connectivity index is 1.13. The van der Waals surface area contributed by atoms with Crippen LogP contribution in [0.5, 0.6) is 0 Å². The third kappa shape index (κ3) is 6.21. The molecule has 2 heterocycles. The standard InChI is InChI=1S/C29H29F2N5O/c1-20-8-9-26-27(32-20)6-3-7-28(26)36-14-12-35(13-15-36)11-10-21-4-2-5-24(16-21)33-29(37)34-25-18-22(30)17-23(31)19-25/h2-9,16-19H,10-15H2,1H3,(H2,33,34,37). The van der Waals surface area contributed by atoms with Gasteiger partial charge in [0.25, 0.3) is 0 Å². The van der Waals surface area contributed by atoms with E-state index in [0.29, 0.717) is 5.69 Å². The normalized spacial score (nSPS) is 14.1. The minimum atomic E-state index is -0.748. The number of hydrogen-bond acceptors (Lipinski definition) is 4. The van der Waals surface area contributed by atoms with Crippen molar-refractivity contribution in [3.05, 3.63) is 95.7 Å². The molecule has 1 aromatic heterocycles. The first-order chi connectivity index (χ1) is 17.9. The van der Waals surface area contributed by atoms with Crippen LogP contribution in [0, 0.1) is 18.6 Å². The molecule has 4 aromatic rings. The van der Waals surface area contributed by atoms with Crippen molar-refractivity contribution in [2.24, 2.45) is 0 Å². The Morgan fingerprint density at radius 3 is 2.38 bits per heavy atom. The van der Waals surface area contributed by atoms with Crippen LogP contribution in [0.25, 0.3) is 10.9 Å². The fourth-order valence-electron chi connectivity index (χ4n) is 4.74. The smallest absolute Gasteiger partial charge is 0.323 e. The first-order valence-electron chi connectivity index (χ1n) is 12.4. The number of carbonyl (C=O) groups excluding carboxylic acids is 1. The van der Waals surface area contributed by atoms with Crippen molar-refractivity contribution in [2.75, 3.05) is 48.3 Å². The molecule has 1 saturated heterocycles. The Morgan fingerprint density at radius 1 is 0.865 bits per heavy atom. The van der Waals surface area contributed by atoms with Crippen LogP contribution in [-0.2, 0) is 6.42 Å². The molecule has 1 aliphatic heterocycles. The highest BCUT2D eigenvalue weighted by Gasteiger charge is 2.19. The fraction of sp³-hybridized carbons (Fsp3) is 0.241. The zero-order chi connectivity index (χ0) is 25.8. The summed E-state index contributed by atoms with van der Waals surface area (Å²) in [4.78, 5) is 21.8. The maximum Gasteiger partial charge on any atom is 0.323 e. The molecule has 0 aliphatic carbocycles. The van der Waals surface area contributed by atoms with Gasteiger partial charge in [0.2, 0.25) is 0 Å². The lowest BCUT2D eigenvalue weighted by atomic mass is 10.1. The molecule has 6 nitrogen and oxygen atoms in total. The number of urea groups is 1. The van der Waals surface area contributed by atoms with Gasteiger partial charge in [0.15, 0.2) is 0 Å². The summed E-state index contributed by atoms with van der Waals surface area (Å²) >= 11 is 0. The molecule has 0 radical (unpaired) electrons. The van der Waals surface area contributed by atoms with Gasteiger partial charge in [-0.3, -0.25) is 9.88 Å². The van der Waals surface area contributed by atoms with Gasteiger partial charge < -0.3 is 15.5 Å². The number of fused-ring (bicyclic) bond motifs is 1. The number of aryl methyl sites for hydroxylation is 1. The Morgan fingerprint density at radius 2 is 1.59 bits per heavy atom. The summed E-state index contributed by atoms with van der Waals surface area (Å²) < 4.78 is 26.7. The fourth-order valence-corrected chi connectivity index (χ4v) is 4.74. The Hall–Kier alpha value is -4.04. The molecule has 8 heteroatoms. The monoisotopic (exact) mass is 501 g/mol. The van der Waals surface area contributed by atoms with E-state index in [-0.39, 0.29) is 5.69 Å². The van der Waals surface area contributed by atoms with Gasteiger partial charge in [-0.1, -0.05) is 18.2 Å². The predicted molar refractivity (Wildman–Crippen MR) is 144 cm³/mol. The average Bonchev–Trinajstić information content (AvgIpc) is 2.87. The summed E-state index contributed by atoms with van der Waals surface area (Å²) in [6.07, 6.45) is 0.851. The lowest BCUT2D eigenvalue weighted by Gasteiger charge is -2.36. The minimum Gasteiger partial charge on any atom is -0.368 e. The zero-order valence-corrected chi connectivity index (χ0v) is 20.7. The molecule has 0 unspecified atom stereocenters. The van der Waals surface area contributed by atoms with Gasteiger partial charge in [0.05, 0.1) is 5.52 Å². The first kappa shape index (κ1) is 24.6. The second-order valence-corrected chi connectivity index (χ2v) is 9.31. The number of aromatic nitrogens is 1. The topological polar surface area (TPSA) is 60.5 Å². The van der Waals surface area contributed by atoms with Crippen LogP contribution >= 0.6 is 0 Å². The number of rotatable bonds is 6. The molecule has 37 heavy (non-hydrogen) atoms. The van der Waals surface area contributed by atoms with Gasteiger partial charge in [-0.25, -0.2) is 13.6 Å². The van der Waals surface area contributed by atoms with Gasteiger partial charge in [-0.15, -0.1) is 0 Å². The van der Waals surface area contributed by atoms with E-state index >= 15 is 0 Å². The molecule has 2 N–H and O–H groups in total. The van der Waals surface area contributed by atoms with Crippen LogP contribution in [0.2, 0.25) is 0 Å². The number of pyridine rings is 1. The van der Waals surface area contributed by atoms with Gasteiger partial charge in [-0.2, -0.15) is 0 Å². The second-order valence-electron chi connectivity index (χ2n) is 9.31. The number of nitrogens with zero attached hydrogens (tertiary/aromatic N) is 3. The van der Waals surface area contributed by atoms with Gasteiger partial charge in [0, 0.05) is 66.9 Å². The van der Waals surface area contributed by atoms with E-state index in [1.165, 1.54) is 11.1 Å². The van der Waals surface area contributed by atoms with Crippen LogP contribution in [-0.4, -0.2) is 48.6 Å². The molecule has 1 aliphatic rings. The zero-order valence-electron chi connectivity index (χ0n) is 20.7. The van der Waals surface area contributed by atoms with Gasteiger partial charge in [-0.05, 0) is 67.4 Å². The molecule has 0 atom stereocenters. The van der Waals surface area contributed by atoms with Crippen LogP contribution in [0.4, 0.5) is 30.6 Å². The molecule has 0 spiro atoms. The molecule has 0 saturated carbocycles. The van der Waals surface area contributed by atoms with Crippen LogP contribution < -0.4 is 15.5 Å². The number of amides is 2. The highest BCUT2D eigenvalue weighted by atomic mass is 19.1. The lowest BCUT2D eigenvalue weighted by molar-refractivity contribution is 0.261. The number of carbonyl (C=O) groups is 1. The van der Waals surface area contributed by atoms with E-state index in [1.54, 1.807) is 6.07 Å². The Kier molecular flexibility index (Phi) is 7.28. The number of halogens is 2. The van der Waals surface area contributed by atoms with Crippen molar-refractivity contribution in [3.63, 3.8) is 0 Å². The van der Waals surface area contributed by atoms with E-state index in [4.69, 9.17) is 0 Å². The number of benzene rings is 3. The molecule has 190 valence electrons. The molecule has 3 aromatic carbocycles. The maximum absolute atomic E-state index is 13.4. The van der Waals surface area contributed by atoms with E-state index in [9.17, 15) is 13.6 Å². The molecule has 0 bridgehead atoms. The summed E-state index contributed by atoms with van der Waals surface area (Å²) in [5, 5.41) is 6.38. The molecular weight excluding hydrogens is 472 g/mol. The van der Waals surface area contributed by atoms with E-state index in [1.807, 2.05) is 25.1 Å². The third-order valence-corrected chi connectivity index (χ3v) is 6.58.